The highest BCUT2D eigenvalue weighted by Crippen LogP contribution is 2.45. The van der Waals surface area contributed by atoms with E-state index in [0.717, 1.165) is 0 Å². The van der Waals surface area contributed by atoms with Crippen LogP contribution in [0, 0.1) is 0 Å². The Hall–Kier alpha value is -7.22. The number of furan rings is 1. The Morgan fingerprint density at radius 2 is 0.673 bits per heavy atom. The molecule has 0 bridgehead atoms. The van der Waals surface area contributed by atoms with Gasteiger partial charge in [0.1, 0.15) is 11.2 Å². The minimum absolute atomic E-state index is 0.539. The highest BCUT2D eigenvalue weighted by Gasteiger charge is 2.18. The fourth-order valence-corrected chi connectivity index (χ4v) is 6.20. The Morgan fingerprint density at radius 3 is 1.35 bits per heavy atom. The fraction of sp³-hybridized carbons (Fsp3) is 0. The molecule has 1 heteroatoms. The van der Waals surface area contributed by atoms with E-state index >= 15 is 0 Å². The summed E-state index contributed by atoms with van der Waals surface area (Å²) >= 11 is 0. The molecule has 0 saturated carbocycles. The zero-order valence-corrected chi connectivity index (χ0v) is 27.4. The Labute approximate surface area is 367 Å². The molecule has 1 aromatic heterocycles. The molecule has 0 aliphatic rings. The van der Waals surface area contributed by atoms with Gasteiger partial charge in [-0.1, -0.05) is 169 Å². The lowest BCUT2D eigenvalue weighted by Gasteiger charge is -2.18. The molecule has 0 amide bonds. The largest absolute Gasteiger partial charge is 0.456 e. The Bertz CT molecular complexity index is 5100. The first kappa shape index (κ1) is 12.4. The van der Waals surface area contributed by atoms with Gasteiger partial charge in [0, 0.05) is 10.8 Å². The van der Waals surface area contributed by atoms with Crippen LogP contribution in [0.4, 0.5) is 0 Å². The van der Waals surface area contributed by atoms with E-state index in [0.29, 0.717) is 0 Å². The lowest BCUT2D eigenvalue weighted by molar-refractivity contribution is 0.669. The standard InChI is InChI=1S/C54H34O/c1-2-11-35(12-3-1)43-27-29-45-46-30-28-44(34-52(46)55-51(45)33-43)54-49-19-8-6-17-47(49)53(48-18-7-9-20-50(48)54)38-24-21-37(22-25-38)40-15-10-16-41(31-40)42-26-23-36-13-4-5-14-39(36)32-42/h1-34H/i1D,2D,3D,4D,5D,6D,7D,8D,9D,10D,11D,12D,13D,14D,15D,16D,17D,18D,19D,20D,21D,22D,23D,24D,25D,26D,27D,28D,29D,30D,31D,32D,33D,34D. The van der Waals surface area contributed by atoms with Gasteiger partial charge in [-0.25, -0.2) is 0 Å². The van der Waals surface area contributed by atoms with E-state index in [4.69, 9.17) is 33.2 Å². The first-order valence-corrected chi connectivity index (χ1v) is 16.2. The highest BCUT2D eigenvalue weighted by atomic mass is 16.3. The van der Waals surface area contributed by atoms with Gasteiger partial charge >= 0.3 is 0 Å². The van der Waals surface area contributed by atoms with Crippen LogP contribution in [0.5, 0.6) is 0 Å². The monoisotopic (exact) mass is 732 g/mol. The molecule has 10 aromatic carbocycles. The van der Waals surface area contributed by atoms with Crippen molar-refractivity contribution in [3.63, 3.8) is 0 Å². The SMILES string of the molecule is [2H]c1c([2H])c([2H])c(-c2c([2H])c([2H])c3c(oc4c([2H])c(-c5c6c([2H])c([2H])c([2H])c([2H])c6c(-c6c([2H])c([2H])c(-c7c([2H])c([2H])c([2H])c(-c8c([2H])c([2H])c9c([2H])c([2H])c([2H])c([2H])c9c8[2H])c7[2H])c([2H])c6[2H])c6c([2H])c([2H])c([2H])c([2H])c56)c([2H])c([2H])c43)c2[2H])c([2H])c1[2H]. The molecule has 0 atom stereocenters. The van der Waals surface area contributed by atoms with Crippen molar-refractivity contribution < 1.29 is 51.0 Å². The average Bonchev–Trinajstić information content (AvgIpc) is 1.57. The van der Waals surface area contributed by atoms with E-state index in [1.165, 1.54) is 0 Å². The van der Waals surface area contributed by atoms with Gasteiger partial charge in [-0.05, 0) is 124 Å². The van der Waals surface area contributed by atoms with E-state index in [1.54, 1.807) is 0 Å². The Balaban J connectivity index is 1.27. The maximum atomic E-state index is 9.78. The van der Waals surface area contributed by atoms with Crippen molar-refractivity contribution in [2.75, 3.05) is 0 Å². The van der Waals surface area contributed by atoms with Crippen LogP contribution >= 0.6 is 0 Å². The van der Waals surface area contributed by atoms with Gasteiger partial charge < -0.3 is 4.42 Å². The molecule has 0 N–H and O–H groups in total. The molecule has 11 aromatic rings. The number of hydrogen-bond acceptors (Lipinski definition) is 1. The first-order valence-electron chi connectivity index (χ1n) is 33.2. The van der Waals surface area contributed by atoms with E-state index in [9.17, 15) is 17.8 Å². The van der Waals surface area contributed by atoms with Crippen molar-refractivity contribution in [3.05, 3.63) is 205 Å². The second-order valence-corrected chi connectivity index (χ2v) is 11.8. The van der Waals surface area contributed by atoms with Crippen molar-refractivity contribution >= 4 is 54.3 Å². The summed E-state index contributed by atoms with van der Waals surface area (Å²) in [7, 11) is 0. The molecule has 0 aliphatic carbocycles. The molecule has 0 aliphatic heterocycles. The van der Waals surface area contributed by atoms with Crippen LogP contribution in [0.1, 0.15) is 46.6 Å². The third kappa shape index (κ3) is 5.32. The molecular weight excluding hydrogens is 665 g/mol. The number of rotatable bonds is 5. The maximum absolute atomic E-state index is 9.78. The van der Waals surface area contributed by atoms with E-state index < -0.39 is 315 Å². The van der Waals surface area contributed by atoms with Crippen molar-refractivity contribution in [3.8, 4) is 55.6 Å². The van der Waals surface area contributed by atoms with Gasteiger partial charge in [0.05, 0.1) is 46.6 Å². The summed E-state index contributed by atoms with van der Waals surface area (Å²) in [5.74, 6) is 0. The summed E-state index contributed by atoms with van der Waals surface area (Å²) in [5, 5.41) is -5.61. The molecular formula is C54H34O. The van der Waals surface area contributed by atoms with Crippen LogP contribution < -0.4 is 0 Å². The number of fused-ring (bicyclic) bond motifs is 6. The zero-order chi connectivity index (χ0) is 65.9. The average molecular weight is 733 g/mol. The lowest BCUT2D eigenvalue weighted by Crippen LogP contribution is -1.91. The number of benzene rings is 10. The number of hydrogen-bond donors (Lipinski definition) is 0. The van der Waals surface area contributed by atoms with E-state index in [-0.39, 0.29) is 0 Å². The quantitative estimate of drug-likeness (QED) is 0.161. The molecule has 55 heavy (non-hydrogen) atoms. The molecule has 256 valence electrons. The summed E-state index contributed by atoms with van der Waals surface area (Å²) in [5.41, 5.74) is -9.92. The second kappa shape index (κ2) is 12.7. The van der Waals surface area contributed by atoms with Crippen LogP contribution in [-0.2, 0) is 0 Å². The molecule has 1 nitrogen and oxygen atoms in total. The minimum atomic E-state index is -1.20. The van der Waals surface area contributed by atoms with Crippen molar-refractivity contribution in [2.45, 2.75) is 0 Å². The van der Waals surface area contributed by atoms with E-state index in [2.05, 4.69) is 0 Å². The fourth-order valence-electron chi connectivity index (χ4n) is 6.20. The third-order valence-corrected chi connectivity index (χ3v) is 8.64. The van der Waals surface area contributed by atoms with Gasteiger partial charge in [-0.3, -0.25) is 0 Å². The predicted octanol–water partition coefficient (Wildman–Crippen LogP) is 15.4. The van der Waals surface area contributed by atoms with E-state index in [1.807, 2.05) is 0 Å². The molecule has 0 radical (unpaired) electrons. The normalized spacial score (nSPS) is 20.3. The first-order chi connectivity index (χ1) is 41.4. The zero-order valence-electron chi connectivity index (χ0n) is 61.4. The smallest absolute Gasteiger partial charge is 0.136 e. The lowest BCUT2D eigenvalue weighted by atomic mass is 9.85. The third-order valence-electron chi connectivity index (χ3n) is 8.64. The highest BCUT2D eigenvalue weighted by molar-refractivity contribution is 6.22. The van der Waals surface area contributed by atoms with Crippen LogP contribution in [0.25, 0.3) is 110 Å². The van der Waals surface area contributed by atoms with Crippen molar-refractivity contribution in [1.29, 1.82) is 0 Å². The Morgan fingerprint density at radius 1 is 0.255 bits per heavy atom. The van der Waals surface area contributed by atoms with Gasteiger partial charge in [-0.2, -0.15) is 0 Å². The second-order valence-electron chi connectivity index (χ2n) is 11.8. The summed E-state index contributed by atoms with van der Waals surface area (Å²) in [6, 6.07) is -33.7. The van der Waals surface area contributed by atoms with Crippen LogP contribution in [0.3, 0.4) is 0 Å². The van der Waals surface area contributed by atoms with Gasteiger partial charge in [0.2, 0.25) is 0 Å². The molecule has 0 saturated heterocycles. The minimum Gasteiger partial charge on any atom is -0.456 e. The van der Waals surface area contributed by atoms with Gasteiger partial charge in [0.15, 0.2) is 0 Å². The predicted molar refractivity (Wildman–Crippen MR) is 233 cm³/mol. The summed E-state index contributed by atoms with van der Waals surface area (Å²) in [4.78, 5) is 0. The topological polar surface area (TPSA) is 13.1 Å². The summed E-state index contributed by atoms with van der Waals surface area (Å²) in [6.45, 7) is 0. The molecule has 0 fully saturated rings. The van der Waals surface area contributed by atoms with Crippen molar-refractivity contribution in [1.82, 2.24) is 0 Å². The van der Waals surface area contributed by atoms with Crippen LogP contribution in [0.15, 0.2) is 210 Å². The van der Waals surface area contributed by atoms with Gasteiger partial charge in [-0.15, -0.1) is 0 Å². The Kier molecular flexibility index (Phi) is 2.87. The summed E-state index contributed by atoms with van der Waals surface area (Å²) < 4.78 is 313. The molecule has 0 unspecified atom stereocenters. The van der Waals surface area contributed by atoms with Crippen molar-refractivity contribution in [2.24, 2.45) is 0 Å². The maximum Gasteiger partial charge on any atom is 0.136 e. The molecule has 11 rings (SSSR count). The molecule has 0 spiro atoms. The summed E-state index contributed by atoms with van der Waals surface area (Å²) in [6.07, 6.45) is 0. The van der Waals surface area contributed by atoms with Crippen LogP contribution in [-0.4, -0.2) is 0 Å². The van der Waals surface area contributed by atoms with Gasteiger partial charge in [0.25, 0.3) is 0 Å². The molecule has 1 heterocycles. The van der Waals surface area contributed by atoms with Crippen LogP contribution in [0.2, 0.25) is 0 Å².